The molecule has 180 valence electrons. The number of carbonyl (C=O) groups excluding carboxylic acids is 2. The Hall–Kier alpha value is -3.72. The number of nitrogens with one attached hydrogen (secondary N) is 1. The number of alkyl carbamates (subject to hydrolysis) is 1. The summed E-state index contributed by atoms with van der Waals surface area (Å²) in [4.78, 5) is 42.6. The van der Waals surface area contributed by atoms with E-state index >= 15 is 0 Å². The molecule has 2 amide bonds. The molecule has 1 fully saturated rings. The second kappa shape index (κ2) is 9.14. The van der Waals surface area contributed by atoms with Crippen molar-refractivity contribution in [3.63, 3.8) is 0 Å². The minimum absolute atomic E-state index is 0.0266. The maximum Gasteiger partial charge on any atom is 0.407 e. The van der Waals surface area contributed by atoms with E-state index in [1.165, 1.54) is 16.2 Å². The zero-order chi connectivity index (χ0) is 24.6. The van der Waals surface area contributed by atoms with Gasteiger partial charge in [0.25, 0.3) is 5.91 Å². The molecule has 1 aliphatic carbocycles. The van der Waals surface area contributed by atoms with E-state index in [0.29, 0.717) is 24.4 Å². The number of likely N-dealkylation sites (tertiary alicyclic amines) is 1. The molecule has 1 aromatic heterocycles. The fraction of sp³-hybridized carbons (Fsp3) is 0.308. The van der Waals surface area contributed by atoms with Crippen molar-refractivity contribution in [1.82, 2.24) is 15.2 Å². The fourth-order valence-electron chi connectivity index (χ4n) is 4.94. The summed E-state index contributed by atoms with van der Waals surface area (Å²) in [7, 11) is 0. The molecule has 8 nitrogen and oxygen atoms in total. The van der Waals surface area contributed by atoms with Gasteiger partial charge in [0, 0.05) is 17.8 Å². The molecule has 5 rings (SSSR count). The van der Waals surface area contributed by atoms with Crippen molar-refractivity contribution >= 4 is 29.3 Å². The van der Waals surface area contributed by atoms with E-state index in [0.717, 1.165) is 22.3 Å². The number of benzene rings is 2. The number of aromatic nitrogens is 1. The molecule has 2 N–H and O–H groups in total. The van der Waals surface area contributed by atoms with Gasteiger partial charge in [-0.1, -0.05) is 48.5 Å². The number of nitrogens with zero attached hydrogens (tertiary/aromatic N) is 2. The van der Waals surface area contributed by atoms with Gasteiger partial charge in [0.2, 0.25) is 0 Å². The Balaban J connectivity index is 1.18. The van der Waals surface area contributed by atoms with E-state index in [4.69, 9.17) is 4.74 Å². The molecule has 1 saturated heterocycles. The van der Waals surface area contributed by atoms with Crippen LogP contribution in [0.25, 0.3) is 11.1 Å². The summed E-state index contributed by atoms with van der Waals surface area (Å²) < 4.78 is 5.54. The summed E-state index contributed by atoms with van der Waals surface area (Å²) in [5, 5.41) is 14.4. The van der Waals surface area contributed by atoms with Gasteiger partial charge >= 0.3 is 12.1 Å². The molecular formula is C26H25N3O5S. The molecule has 1 atom stereocenters. The number of amides is 2. The van der Waals surface area contributed by atoms with Crippen LogP contribution >= 0.6 is 11.3 Å². The highest BCUT2D eigenvalue weighted by molar-refractivity contribution is 7.09. The molecule has 2 heterocycles. The number of hydrogen-bond acceptors (Lipinski definition) is 6. The third-order valence-electron chi connectivity index (χ3n) is 6.85. The minimum Gasteiger partial charge on any atom is -0.480 e. The number of carbonyl (C=O) groups is 3. The summed E-state index contributed by atoms with van der Waals surface area (Å²) in [6.45, 7) is 2.27. The van der Waals surface area contributed by atoms with Crippen LogP contribution in [0, 0.1) is 0 Å². The van der Waals surface area contributed by atoms with Gasteiger partial charge in [-0.25, -0.2) is 14.6 Å². The van der Waals surface area contributed by atoms with Gasteiger partial charge in [-0.05, 0) is 42.0 Å². The number of rotatable bonds is 6. The van der Waals surface area contributed by atoms with Crippen LogP contribution in [-0.2, 0) is 16.1 Å². The standard InChI is InChI=1S/C26H25N3O5S/c1-26(24(31)32)11-6-12-29(26)23(30)21-15-35-22(28-21)13-27-25(33)34-14-20-18-9-4-2-7-16(18)17-8-3-5-10-19(17)20/h2-5,7-10,15,20H,6,11-14H2,1H3,(H,27,33)(H,31,32). The average Bonchev–Trinajstić information content (AvgIpc) is 3.57. The van der Waals surface area contributed by atoms with E-state index in [9.17, 15) is 19.5 Å². The summed E-state index contributed by atoms with van der Waals surface area (Å²) in [5.41, 5.74) is 3.57. The van der Waals surface area contributed by atoms with Crippen LogP contribution in [0.4, 0.5) is 4.79 Å². The monoisotopic (exact) mass is 491 g/mol. The molecular weight excluding hydrogens is 466 g/mol. The van der Waals surface area contributed by atoms with Crippen LogP contribution < -0.4 is 5.32 Å². The highest BCUT2D eigenvalue weighted by Gasteiger charge is 2.46. The smallest absolute Gasteiger partial charge is 0.407 e. The Labute approximate surface area is 206 Å². The van der Waals surface area contributed by atoms with Crippen LogP contribution in [0.15, 0.2) is 53.9 Å². The first-order valence-corrected chi connectivity index (χ1v) is 12.3. The van der Waals surface area contributed by atoms with Gasteiger partial charge in [-0.15, -0.1) is 11.3 Å². The topological polar surface area (TPSA) is 109 Å². The third-order valence-corrected chi connectivity index (χ3v) is 7.69. The highest BCUT2D eigenvalue weighted by atomic mass is 32.1. The van der Waals surface area contributed by atoms with E-state index in [1.54, 1.807) is 12.3 Å². The zero-order valence-corrected chi connectivity index (χ0v) is 20.0. The first-order valence-electron chi connectivity index (χ1n) is 11.5. The Morgan fingerprint density at radius 2 is 1.80 bits per heavy atom. The van der Waals surface area contributed by atoms with Crippen molar-refractivity contribution in [2.75, 3.05) is 13.2 Å². The van der Waals surface area contributed by atoms with Crippen molar-refractivity contribution in [1.29, 1.82) is 0 Å². The summed E-state index contributed by atoms with van der Waals surface area (Å²) in [6, 6.07) is 16.3. The SMILES string of the molecule is CC1(C(=O)O)CCCN1C(=O)c1csc(CNC(=O)OCC2c3ccccc3-c3ccccc32)n1. The van der Waals surface area contributed by atoms with E-state index in [-0.39, 0.29) is 24.8 Å². The summed E-state index contributed by atoms with van der Waals surface area (Å²) >= 11 is 1.24. The Morgan fingerprint density at radius 3 is 2.46 bits per heavy atom. The van der Waals surface area contributed by atoms with E-state index in [2.05, 4.69) is 34.6 Å². The Kier molecular flexibility index (Phi) is 6.02. The van der Waals surface area contributed by atoms with Crippen LogP contribution in [0.2, 0.25) is 0 Å². The Morgan fingerprint density at radius 1 is 1.14 bits per heavy atom. The minimum atomic E-state index is -1.22. The first-order chi connectivity index (χ1) is 16.9. The maximum atomic E-state index is 12.9. The average molecular weight is 492 g/mol. The number of carboxylic acid groups (broad SMARTS) is 1. The lowest BCUT2D eigenvalue weighted by Gasteiger charge is -2.30. The maximum absolute atomic E-state index is 12.9. The van der Waals surface area contributed by atoms with Crippen LogP contribution in [0.3, 0.4) is 0 Å². The summed E-state index contributed by atoms with van der Waals surface area (Å²) in [5.74, 6) is -1.45. The van der Waals surface area contributed by atoms with Crippen LogP contribution in [-0.4, -0.2) is 51.7 Å². The third kappa shape index (κ3) is 4.16. The van der Waals surface area contributed by atoms with Gasteiger partial charge in [-0.3, -0.25) is 4.79 Å². The molecule has 3 aromatic rings. The number of hydrogen-bond donors (Lipinski definition) is 2. The molecule has 1 unspecified atom stereocenters. The molecule has 9 heteroatoms. The van der Waals surface area contributed by atoms with Gasteiger partial charge in [-0.2, -0.15) is 0 Å². The van der Waals surface area contributed by atoms with Crippen molar-refractivity contribution < 1.29 is 24.2 Å². The Bertz CT molecular complexity index is 1260. The number of aliphatic carboxylic acids is 1. The highest BCUT2D eigenvalue weighted by Crippen LogP contribution is 2.44. The number of thiazole rings is 1. The number of carboxylic acids is 1. The predicted molar refractivity (Wildman–Crippen MR) is 130 cm³/mol. The molecule has 0 saturated carbocycles. The van der Waals surface area contributed by atoms with Crippen LogP contribution in [0.5, 0.6) is 0 Å². The lowest BCUT2D eigenvalue weighted by atomic mass is 9.98. The van der Waals surface area contributed by atoms with Crippen molar-refractivity contribution in [3.05, 3.63) is 75.7 Å². The molecule has 35 heavy (non-hydrogen) atoms. The predicted octanol–water partition coefficient (Wildman–Crippen LogP) is 4.26. The summed E-state index contributed by atoms with van der Waals surface area (Å²) in [6.07, 6.45) is 0.483. The van der Waals surface area contributed by atoms with Gasteiger partial charge in [0.1, 0.15) is 22.8 Å². The van der Waals surface area contributed by atoms with Gasteiger partial charge in [0.15, 0.2) is 0 Å². The number of fused-ring (bicyclic) bond motifs is 3. The second-order valence-electron chi connectivity index (χ2n) is 8.94. The van der Waals surface area contributed by atoms with E-state index < -0.39 is 23.5 Å². The quantitative estimate of drug-likeness (QED) is 0.533. The largest absolute Gasteiger partial charge is 0.480 e. The molecule has 2 aromatic carbocycles. The van der Waals surface area contributed by atoms with Crippen LogP contribution in [0.1, 0.15) is 52.3 Å². The lowest BCUT2D eigenvalue weighted by Crippen LogP contribution is -2.50. The molecule has 1 aliphatic heterocycles. The van der Waals surface area contributed by atoms with Crippen molar-refractivity contribution in [3.8, 4) is 11.1 Å². The molecule has 0 spiro atoms. The van der Waals surface area contributed by atoms with Crippen molar-refractivity contribution in [2.45, 2.75) is 37.8 Å². The van der Waals surface area contributed by atoms with E-state index in [1.807, 2.05) is 24.3 Å². The molecule has 0 bridgehead atoms. The molecule has 2 aliphatic rings. The van der Waals surface area contributed by atoms with Crippen molar-refractivity contribution in [2.24, 2.45) is 0 Å². The normalized spacial score (nSPS) is 18.7. The lowest BCUT2D eigenvalue weighted by molar-refractivity contribution is -0.147. The fourth-order valence-corrected chi connectivity index (χ4v) is 5.64. The first kappa shape index (κ1) is 23.0. The second-order valence-corrected chi connectivity index (χ2v) is 9.89. The van der Waals surface area contributed by atoms with Gasteiger partial charge < -0.3 is 20.1 Å². The molecule has 0 radical (unpaired) electrons. The number of ether oxygens (including phenoxy) is 1. The zero-order valence-electron chi connectivity index (χ0n) is 19.2. The van der Waals surface area contributed by atoms with Gasteiger partial charge in [0.05, 0.1) is 6.54 Å².